The predicted octanol–water partition coefficient (Wildman–Crippen LogP) is 0.645. The minimum absolute atomic E-state index is 0.312. The SMILES string of the molecule is COc1ccc(C(C)C(O)C(N)=O)cc1. The number of carbonyl (C=O) groups is 1. The van der Waals surface area contributed by atoms with Gasteiger partial charge in [-0.3, -0.25) is 4.79 Å². The topological polar surface area (TPSA) is 72.6 Å². The normalized spacial score (nSPS) is 14.3. The van der Waals surface area contributed by atoms with Crippen LogP contribution >= 0.6 is 0 Å². The van der Waals surface area contributed by atoms with E-state index in [4.69, 9.17) is 10.5 Å². The Kier molecular flexibility index (Phi) is 3.68. The molecule has 0 bridgehead atoms. The molecular weight excluding hydrogens is 194 g/mol. The van der Waals surface area contributed by atoms with Crippen LogP contribution < -0.4 is 10.5 Å². The maximum atomic E-state index is 10.8. The molecule has 82 valence electrons. The van der Waals surface area contributed by atoms with E-state index in [-0.39, 0.29) is 5.92 Å². The molecule has 0 saturated carbocycles. The van der Waals surface area contributed by atoms with Gasteiger partial charge in [-0.2, -0.15) is 0 Å². The van der Waals surface area contributed by atoms with Crippen molar-refractivity contribution in [1.82, 2.24) is 0 Å². The minimum Gasteiger partial charge on any atom is -0.497 e. The predicted molar refractivity (Wildman–Crippen MR) is 56.6 cm³/mol. The first kappa shape index (κ1) is 11.5. The molecule has 1 amide bonds. The number of rotatable bonds is 4. The van der Waals surface area contributed by atoms with E-state index in [1.165, 1.54) is 0 Å². The summed E-state index contributed by atoms with van der Waals surface area (Å²) >= 11 is 0. The highest BCUT2D eigenvalue weighted by Crippen LogP contribution is 2.21. The monoisotopic (exact) mass is 209 g/mol. The molecule has 0 heterocycles. The third-order valence-electron chi connectivity index (χ3n) is 2.41. The molecule has 4 heteroatoms. The molecule has 0 radical (unpaired) electrons. The summed E-state index contributed by atoms with van der Waals surface area (Å²) in [6.45, 7) is 1.75. The Morgan fingerprint density at radius 1 is 1.40 bits per heavy atom. The Bertz CT molecular complexity index is 334. The summed E-state index contributed by atoms with van der Waals surface area (Å²) in [4.78, 5) is 10.8. The lowest BCUT2D eigenvalue weighted by atomic mass is 9.95. The number of ether oxygens (including phenoxy) is 1. The number of benzene rings is 1. The maximum absolute atomic E-state index is 10.8. The van der Waals surface area contributed by atoms with Crippen LogP contribution in [0.2, 0.25) is 0 Å². The molecular formula is C11H15NO3. The highest BCUT2D eigenvalue weighted by molar-refractivity contribution is 5.79. The molecule has 4 nitrogen and oxygen atoms in total. The molecule has 2 unspecified atom stereocenters. The van der Waals surface area contributed by atoms with Crippen LogP contribution in [0.4, 0.5) is 0 Å². The average molecular weight is 209 g/mol. The van der Waals surface area contributed by atoms with Crippen LogP contribution in [0.3, 0.4) is 0 Å². The molecule has 2 atom stereocenters. The Balaban J connectivity index is 2.82. The average Bonchev–Trinajstić information content (AvgIpc) is 2.27. The van der Waals surface area contributed by atoms with Crippen molar-refractivity contribution in [2.75, 3.05) is 7.11 Å². The van der Waals surface area contributed by atoms with E-state index in [0.717, 1.165) is 11.3 Å². The molecule has 0 fully saturated rings. The molecule has 1 aromatic carbocycles. The van der Waals surface area contributed by atoms with E-state index >= 15 is 0 Å². The molecule has 1 aromatic rings. The number of aliphatic hydroxyl groups is 1. The van der Waals surface area contributed by atoms with E-state index < -0.39 is 12.0 Å². The van der Waals surface area contributed by atoms with Gasteiger partial charge in [-0.25, -0.2) is 0 Å². The molecule has 0 aliphatic rings. The lowest BCUT2D eigenvalue weighted by Crippen LogP contribution is -2.32. The van der Waals surface area contributed by atoms with E-state index in [1.807, 2.05) is 0 Å². The van der Waals surface area contributed by atoms with Crippen LogP contribution in [0.25, 0.3) is 0 Å². The van der Waals surface area contributed by atoms with Crippen molar-refractivity contribution in [3.8, 4) is 5.75 Å². The van der Waals surface area contributed by atoms with Gasteiger partial charge < -0.3 is 15.6 Å². The Morgan fingerprint density at radius 2 is 1.93 bits per heavy atom. The Hall–Kier alpha value is -1.55. The fraction of sp³-hybridized carbons (Fsp3) is 0.364. The van der Waals surface area contributed by atoms with Gasteiger partial charge in [0.05, 0.1) is 7.11 Å². The number of carbonyl (C=O) groups excluding carboxylic acids is 1. The lowest BCUT2D eigenvalue weighted by molar-refractivity contribution is -0.126. The summed E-state index contributed by atoms with van der Waals surface area (Å²) in [5.74, 6) is -0.286. The zero-order valence-corrected chi connectivity index (χ0v) is 8.81. The summed E-state index contributed by atoms with van der Waals surface area (Å²) in [6, 6.07) is 7.16. The van der Waals surface area contributed by atoms with Gasteiger partial charge in [-0.15, -0.1) is 0 Å². The number of methoxy groups -OCH3 is 1. The van der Waals surface area contributed by atoms with Gasteiger partial charge in [0.25, 0.3) is 0 Å². The fourth-order valence-corrected chi connectivity index (χ4v) is 1.34. The largest absolute Gasteiger partial charge is 0.497 e. The van der Waals surface area contributed by atoms with Crippen LogP contribution in [-0.4, -0.2) is 24.2 Å². The highest BCUT2D eigenvalue weighted by Gasteiger charge is 2.20. The van der Waals surface area contributed by atoms with Crippen molar-refractivity contribution in [3.05, 3.63) is 29.8 Å². The molecule has 0 aliphatic carbocycles. The zero-order valence-electron chi connectivity index (χ0n) is 8.81. The van der Waals surface area contributed by atoms with Gasteiger partial charge >= 0.3 is 0 Å². The van der Waals surface area contributed by atoms with Gasteiger partial charge in [0, 0.05) is 5.92 Å². The van der Waals surface area contributed by atoms with Crippen molar-refractivity contribution < 1.29 is 14.6 Å². The van der Waals surface area contributed by atoms with E-state index in [2.05, 4.69) is 0 Å². The first-order chi connectivity index (χ1) is 7.06. The van der Waals surface area contributed by atoms with Crippen molar-refractivity contribution in [1.29, 1.82) is 0 Å². The van der Waals surface area contributed by atoms with Crippen molar-refractivity contribution >= 4 is 5.91 Å². The number of primary amides is 1. The smallest absolute Gasteiger partial charge is 0.246 e. The number of hydrogen-bond acceptors (Lipinski definition) is 3. The van der Waals surface area contributed by atoms with E-state index in [9.17, 15) is 9.90 Å². The number of amides is 1. The van der Waals surface area contributed by atoms with Gasteiger partial charge in [0.15, 0.2) is 0 Å². The van der Waals surface area contributed by atoms with Crippen LogP contribution in [0.1, 0.15) is 18.4 Å². The zero-order chi connectivity index (χ0) is 11.4. The van der Waals surface area contributed by atoms with E-state index in [1.54, 1.807) is 38.3 Å². The number of aliphatic hydroxyl groups excluding tert-OH is 1. The van der Waals surface area contributed by atoms with E-state index in [0.29, 0.717) is 0 Å². The van der Waals surface area contributed by atoms with Gasteiger partial charge in [-0.05, 0) is 17.7 Å². The number of hydrogen-bond donors (Lipinski definition) is 2. The van der Waals surface area contributed by atoms with Gasteiger partial charge in [0.1, 0.15) is 11.9 Å². The molecule has 0 saturated heterocycles. The Morgan fingerprint density at radius 3 is 2.33 bits per heavy atom. The van der Waals surface area contributed by atoms with Crippen LogP contribution in [0.5, 0.6) is 5.75 Å². The fourth-order valence-electron chi connectivity index (χ4n) is 1.34. The molecule has 3 N–H and O–H groups in total. The summed E-state index contributed by atoms with van der Waals surface area (Å²) in [6.07, 6.45) is -1.15. The maximum Gasteiger partial charge on any atom is 0.246 e. The van der Waals surface area contributed by atoms with Crippen molar-refractivity contribution in [2.24, 2.45) is 5.73 Å². The molecule has 0 spiro atoms. The lowest BCUT2D eigenvalue weighted by Gasteiger charge is -2.16. The first-order valence-corrected chi connectivity index (χ1v) is 4.67. The second-order valence-electron chi connectivity index (χ2n) is 3.41. The third-order valence-corrected chi connectivity index (χ3v) is 2.41. The molecule has 1 rings (SSSR count). The minimum atomic E-state index is -1.15. The third kappa shape index (κ3) is 2.70. The number of nitrogens with two attached hydrogens (primary N) is 1. The van der Waals surface area contributed by atoms with Crippen LogP contribution in [-0.2, 0) is 4.79 Å². The molecule has 0 aromatic heterocycles. The summed E-state index contributed by atoms with van der Waals surface area (Å²) < 4.78 is 5.00. The quantitative estimate of drug-likeness (QED) is 0.764. The van der Waals surface area contributed by atoms with Gasteiger partial charge in [-0.1, -0.05) is 19.1 Å². The van der Waals surface area contributed by atoms with Crippen LogP contribution in [0, 0.1) is 0 Å². The molecule has 0 aliphatic heterocycles. The standard InChI is InChI=1S/C11H15NO3/c1-7(10(13)11(12)14)8-3-5-9(15-2)6-4-8/h3-7,10,13H,1-2H3,(H2,12,14). The summed E-state index contributed by atoms with van der Waals surface area (Å²) in [7, 11) is 1.58. The second-order valence-corrected chi connectivity index (χ2v) is 3.41. The van der Waals surface area contributed by atoms with Gasteiger partial charge in [0.2, 0.25) is 5.91 Å². The van der Waals surface area contributed by atoms with Crippen LogP contribution in [0.15, 0.2) is 24.3 Å². The highest BCUT2D eigenvalue weighted by atomic mass is 16.5. The second kappa shape index (κ2) is 4.79. The summed E-state index contributed by atoms with van der Waals surface area (Å²) in [5, 5.41) is 9.47. The van der Waals surface area contributed by atoms with Crippen molar-refractivity contribution in [3.63, 3.8) is 0 Å². The Labute approximate surface area is 88.7 Å². The summed E-state index contributed by atoms with van der Waals surface area (Å²) in [5.41, 5.74) is 5.87. The molecule has 15 heavy (non-hydrogen) atoms. The first-order valence-electron chi connectivity index (χ1n) is 4.67. The van der Waals surface area contributed by atoms with Crippen molar-refractivity contribution in [2.45, 2.75) is 18.9 Å².